The number of rotatable bonds is 4. The fraction of sp³-hybridized carbons (Fsp3) is 0.188. The Labute approximate surface area is 156 Å². The van der Waals surface area contributed by atoms with Crippen LogP contribution >= 0.6 is 22.7 Å². The molecule has 0 spiro atoms. The Bertz CT molecular complexity index is 946. The molecule has 26 heavy (non-hydrogen) atoms. The van der Waals surface area contributed by atoms with E-state index in [0.717, 1.165) is 11.3 Å². The van der Waals surface area contributed by atoms with Crippen molar-refractivity contribution in [1.29, 1.82) is 0 Å². The fourth-order valence-electron chi connectivity index (χ4n) is 2.01. The minimum Gasteiger partial charge on any atom is -0.447 e. The number of pyridine rings is 1. The number of alkyl carbamates (subject to hydrolysis) is 1. The molecular weight excluding hydrogens is 376 g/mol. The van der Waals surface area contributed by atoms with Crippen LogP contribution in [0.2, 0.25) is 0 Å². The van der Waals surface area contributed by atoms with Gasteiger partial charge in [-0.2, -0.15) is 0 Å². The molecule has 0 aromatic carbocycles. The van der Waals surface area contributed by atoms with E-state index in [-0.39, 0.29) is 16.7 Å². The van der Waals surface area contributed by atoms with E-state index in [4.69, 9.17) is 4.74 Å². The van der Waals surface area contributed by atoms with Gasteiger partial charge in [0.1, 0.15) is 15.3 Å². The van der Waals surface area contributed by atoms with Gasteiger partial charge in [0.15, 0.2) is 5.01 Å². The van der Waals surface area contributed by atoms with Crippen molar-refractivity contribution in [2.75, 3.05) is 5.32 Å². The Kier molecular flexibility index (Phi) is 5.24. The predicted octanol–water partition coefficient (Wildman–Crippen LogP) is 3.28. The molecular formula is C16H14N4O4S2. The normalized spacial score (nSPS) is 10.7. The number of ether oxygens (including phenoxy) is 1. The molecule has 3 heterocycles. The Morgan fingerprint density at radius 1 is 1.19 bits per heavy atom. The first kappa shape index (κ1) is 18.0. The molecule has 0 bridgehead atoms. The minimum absolute atomic E-state index is 0.170. The topological polar surface area (TPSA) is 110 Å². The Balaban J connectivity index is 1.72. The molecule has 0 saturated heterocycles. The van der Waals surface area contributed by atoms with Gasteiger partial charge in [-0.15, -0.1) is 11.3 Å². The van der Waals surface area contributed by atoms with Gasteiger partial charge in [0.05, 0.1) is 11.7 Å². The van der Waals surface area contributed by atoms with Crippen LogP contribution in [-0.4, -0.2) is 34.0 Å². The molecule has 0 aliphatic rings. The van der Waals surface area contributed by atoms with Crippen LogP contribution in [0.3, 0.4) is 0 Å². The van der Waals surface area contributed by atoms with Crippen LogP contribution in [-0.2, 0) is 4.74 Å². The zero-order valence-corrected chi connectivity index (χ0v) is 15.4. The van der Waals surface area contributed by atoms with Gasteiger partial charge in [-0.25, -0.2) is 14.8 Å². The maximum atomic E-state index is 12.4. The number of hydrogen-bond donors (Lipinski definition) is 2. The second-order valence-corrected chi connectivity index (χ2v) is 7.27. The number of amides is 3. The monoisotopic (exact) mass is 390 g/mol. The number of carbonyl (C=O) groups excluding carboxylic acids is 3. The van der Waals surface area contributed by atoms with Gasteiger partial charge in [-0.1, -0.05) is 11.3 Å². The first-order valence-electron chi connectivity index (χ1n) is 7.56. The Hall–Kier alpha value is -2.85. The zero-order chi connectivity index (χ0) is 18.7. The highest BCUT2D eigenvalue weighted by Crippen LogP contribution is 2.25. The van der Waals surface area contributed by atoms with Crippen molar-refractivity contribution in [3.63, 3.8) is 0 Å². The average molecular weight is 390 g/mol. The molecule has 0 saturated carbocycles. The molecule has 3 aromatic heterocycles. The number of hydrogen-bond acceptors (Lipinski definition) is 8. The van der Waals surface area contributed by atoms with Crippen molar-refractivity contribution in [2.45, 2.75) is 20.0 Å². The molecule has 3 rings (SSSR count). The number of carbonyl (C=O) groups is 3. The summed E-state index contributed by atoms with van der Waals surface area (Å²) in [5.74, 6) is -1.10. The fourth-order valence-corrected chi connectivity index (χ4v) is 3.59. The number of nitrogens with one attached hydrogen (secondary N) is 2. The highest BCUT2D eigenvalue weighted by Gasteiger charge is 2.20. The molecule has 134 valence electrons. The molecule has 2 N–H and O–H groups in total. The smallest absolute Gasteiger partial charge is 0.414 e. The molecule has 0 radical (unpaired) electrons. The number of fused-ring (bicyclic) bond motifs is 1. The molecule has 0 aliphatic carbocycles. The standard InChI is InChI=1S/C16H14N4O4S2/c1-8(2)24-16(23)20-11(21)9-5-7-25-13(9)19-12(22)15-18-10-4-3-6-17-14(10)26-15/h3-8H,1-2H3,(H,19,22)(H,20,21,23). The molecule has 0 atom stereocenters. The third-order valence-electron chi connectivity index (χ3n) is 3.06. The highest BCUT2D eigenvalue weighted by molar-refractivity contribution is 7.20. The van der Waals surface area contributed by atoms with Crippen LogP contribution in [0.25, 0.3) is 10.3 Å². The van der Waals surface area contributed by atoms with E-state index in [0.29, 0.717) is 15.3 Å². The summed E-state index contributed by atoms with van der Waals surface area (Å²) in [5, 5.41) is 6.96. The van der Waals surface area contributed by atoms with Crippen LogP contribution in [0, 0.1) is 0 Å². The van der Waals surface area contributed by atoms with Crippen LogP contribution in [0.4, 0.5) is 9.80 Å². The summed E-state index contributed by atoms with van der Waals surface area (Å²) in [6.07, 6.45) is 0.433. The maximum absolute atomic E-state index is 12.4. The molecule has 3 aromatic rings. The van der Waals surface area contributed by atoms with Crippen molar-refractivity contribution in [3.05, 3.63) is 40.3 Å². The van der Waals surface area contributed by atoms with Crippen LogP contribution in [0.1, 0.15) is 34.0 Å². The molecule has 0 aliphatic heterocycles. The van der Waals surface area contributed by atoms with Crippen molar-refractivity contribution >= 4 is 55.9 Å². The summed E-state index contributed by atoms with van der Waals surface area (Å²) in [6.45, 7) is 3.35. The number of imide groups is 1. The van der Waals surface area contributed by atoms with E-state index >= 15 is 0 Å². The Morgan fingerprint density at radius 3 is 2.73 bits per heavy atom. The molecule has 8 nitrogen and oxygen atoms in total. The molecule has 10 heteroatoms. The number of anilines is 1. The van der Waals surface area contributed by atoms with E-state index in [1.54, 1.807) is 37.6 Å². The zero-order valence-electron chi connectivity index (χ0n) is 13.8. The van der Waals surface area contributed by atoms with Gasteiger partial charge in [0, 0.05) is 6.20 Å². The van der Waals surface area contributed by atoms with Gasteiger partial charge in [-0.3, -0.25) is 14.9 Å². The second kappa shape index (κ2) is 7.58. The summed E-state index contributed by atoms with van der Waals surface area (Å²) in [5.41, 5.74) is 0.798. The van der Waals surface area contributed by atoms with Crippen LogP contribution in [0.5, 0.6) is 0 Å². The van der Waals surface area contributed by atoms with Gasteiger partial charge in [0.2, 0.25) is 0 Å². The summed E-state index contributed by atoms with van der Waals surface area (Å²) < 4.78 is 4.87. The van der Waals surface area contributed by atoms with Crippen molar-refractivity contribution in [3.8, 4) is 0 Å². The van der Waals surface area contributed by atoms with Gasteiger partial charge >= 0.3 is 6.09 Å². The van der Waals surface area contributed by atoms with Gasteiger partial charge in [0.25, 0.3) is 11.8 Å². The van der Waals surface area contributed by atoms with Gasteiger partial charge in [-0.05, 0) is 37.4 Å². The van der Waals surface area contributed by atoms with Crippen molar-refractivity contribution in [1.82, 2.24) is 15.3 Å². The maximum Gasteiger partial charge on any atom is 0.414 e. The van der Waals surface area contributed by atoms with E-state index in [1.165, 1.54) is 17.4 Å². The van der Waals surface area contributed by atoms with Crippen LogP contribution < -0.4 is 10.6 Å². The summed E-state index contributed by atoms with van der Waals surface area (Å²) in [7, 11) is 0. The van der Waals surface area contributed by atoms with Crippen molar-refractivity contribution < 1.29 is 19.1 Å². The summed E-state index contributed by atoms with van der Waals surface area (Å²) in [6, 6.07) is 5.01. The largest absolute Gasteiger partial charge is 0.447 e. The first-order chi connectivity index (χ1) is 12.4. The SMILES string of the molecule is CC(C)OC(=O)NC(=O)c1ccsc1NC(=O)c1nc2cccnc2s1. The van der Waals surface area contributed by atoms with E-state index < -0.39 is 17.9 Å². The third-order valence-corrected chi connectivity index (χ3v) is 4.86. The lowest BCUT2D eigenvalue weighted by atomic mass is 10.3. The minimum atomic E-state index is -0.842. The molecule has 3 amide bonds. The third kappa shape index (κ3) is 4.03. The number of thiazole rings is 1. The van der Waals surface area contributed by atoms with E-state index in [9.17, 15) is 14.4 Å². The lowest BCUT2D eigenvalue weighted by Crippen LogP contribution is -2.32. The quantitative estimate of drug-likeness (QED) is 0.707. The average Bonchev–Trinajstić information content (AvgIpc) is 3.20. The highest BCUT2D eigenvalue weighted by atomic mass is 32.1. The number of aromatic nitrogens is 2. The second-order valence-electron chi connectivity index (χ2n) is 5.37. The molecule has 0 fully saturated rings. The number of nitrogens with zero attached hydrogens (tertiary/aromatic N) is 2. The van der Waals surface area contributed by atoms with Crippen molar-refractivity contribution in [2.24, 2.45) is 0 Å². The first-order valence-corrected chi connectivity index (χ1v) is 9.26. The predicted molar refractivity (Wildman–Crippen MR) is 98.8 cm³/mol. The lowest BCUT2D eigenvalue weighted by molar-refractivity contribution is 0.0877. The summed E-state index contributed by atoms with van der Waals surface area (Å²) in [4.78, 5) is 45.2. The summed E-state index contributed by atoms with van der Waals surface area (Å²) >= 11 is 2.32. The van der Waals surface area contributed by atoms with Crippen LogP contribution in [0.15, 0.2) is 29.8 Å². The lowest BCUT2D eigenvalue weighted by Gasteiger charge is -2.09. The number of thiophene rings is 1. The van der Waals surface area contributed by atoms with E-state index in [2.05, 4.69) is 20.6 Å². The van der Waals surface area contributed by atoms with E-state index in [1.807, 2.05) is 0 Å². The van der Waals surface area contributed by atoms with Gasteiger partial charge < -0.3 is 10.1 Å². The molecule has 0 unspecified atom stereocenters. The Morgan fingerprint density at radius 2 is 2.00 bits per heavy atom.